The molecule has 0 spiro atoms. The summed E-state index contributed by atoms with van der Waals surface area (Å²) >= 11 is 1.30. The highest BCUT2D eigenvalue weighted by Crippen LogP contribution is 2.26. The predicted octanol–water partition coefficient (Wildman–Crippen LogP) is 5.02. The second-order valence-corrected chi connectivity index (χ2v) is 10.00. The molecular weight excluding hydrogens is 452 g/mol. The largest absolute Gasteiger partial charge is 0.449 e. The Balaban J connectivity index is 1.57. The van der Waals surface area contributed by atoms with Gasteiger partial charge >= 0.3 is 6.09 Å². The summed E-state index contributed by atoms with van der Waals surface area (Å²) in [5.41, 5.74) is 3.24. The van der Waals surface area contributed by atoms with E-state index < -0.39 is 6.09 Å². The number of hydrogen-bond acceptors (Lipinski definition) is 7. The Bertz CT molecular complexity index is 1170. The lowest BCUT2D eigenvalue weighted by Crippen LogP contribution is -2.38. The molecule has 1 unspecified atom stereocenters. The van der Waals surface area contributed by atoms with Crippen molar-refractivity contribution >= 4 is 34.1 Å². The Hall–Kier alpha value is -3.01. The maximum atomic E-state index is 13.3. The lowest BCUT2D eigenvalue weighted by atomic mass is 10.1. The van der Waals surface area contributed by atoms with Crippen LogP contribution in [0.5, 0.6) is 0 Å². The second-order valence-electron chi connectivity index (χ2n) is 9.14. The minimum Gasteiger partial charge on any atom is -0.449 e. The zero-order valence-electron chi connectivity index (χ0n) is 20.2. The van der Waals surface area contributed by atoms with Crippen molar-refractivity contribution in [3.63, 3.8) is 0 Å². The quantitative estimate of drug-likeness (QED) is 0.527. The molecule has 3 aromatic heterocycles. The van der Waals surface area contributed by atoms with Crippen molar-refractivity contribution in [3.8, 4) is 11.4 Å². The van der Waals surface area contributed by atoms with Crippen LogP contribution in [0.25, 0.3) is 17.0 Å². The van der Waals surface area contributed by atoms with E-state index in [1.54, 1.807) is 4.52 Å². The molecule has 4 rings (SSSR count). The number of hydrogen-bond donors (Lipinski definition) is 1. The highest BCUT2D eigenvalue weighted by molar-refractivity contribution is 7.14. The van der Waals surface area contributed by atoms with Gasteiger partial charge in [0, 0.05) is 29.7 Å². The average molecular weight is 485 g/mol. The number of carbonyl (C=O) groups excluding carboxylic acids is 2. The maximum absolute atomic E-state index is 13.3. The fourth-order valence-electron chi connectivity index (χ4n) is 4.06. The van der Waals surface area contributed by atoms with Crippen LogP contribution < -0.4 is 5.32 Å². The number of ether oxygens (including phenoxy) is 1. The SMILES string of the molecule is CCc1cc(C(=O)N2CCCCCC2C)nc2cc(-c3csc(NC(=O)OCC(C)C)n3)nn12. The first-order valence-electron chi connectivity index (χ1n) is 12.0. The van der Waals surface area contributed by atoms with Crippen molar-refractivity contribution in [2.75, 3.05) is 18.5 Å². The van der Waals surface area contributed by atoms with Gasteiger partial charge in [0.25, 0.3) is 5.91 Å². The summed E-state index contributed by atoms with van der Waals surface area (Å²) in [5.74, 6) is 0.240. The molecule has 182 valence electrons. The first-order chi connectivity index (χ1) is 16.4. The molecule has 0 aliphatic carbocycles. The highest BCUT2D eigenvalue weighted by atomic mass is 32.1. The third-order valence-corrected chi connectivity index (χ3v) is 6.68. The van der Waals surface area contributed by atoms with Crippen LogP contribution in [0, 0.1) is 5.92 Å². The van der Waals surface area contributed by atoms with Crippen molar-refractivity contribution in [1.29, 1.82) is 0 Å². The van der Waals surface area contributed by atoms with Gasteiger partial charge in [-0.15, -0.1) is 11.3 Å². The smallest absolute Gasteiger partial charge is 0.413 e. The minimum atomic E-state index is -0.523. The number of anilines is 1. The van der Waals surface area contributed by atoms with Crippen molar-refractivity contribution in [3.05, 3.63) is 28.9 Å². The van der Waals surface area contributed by atoms with Gasteiger partial charge in [0.15, 0.2) is 10.8 Å². The number of rotatable bonds is 6. The van der Waals surface area contributed by atoms with E-state index in [1.807, 2.05) is 43.2 Å². The number of nitrogens with one attached hydrogen (secondary N) is 1. The van der Waals surface area contributed by atoms with Crippen LogP contribution in [0.15, 0.2) is 17.5 Å². The summed E-state index contributed by atoms with van der Waals surface area (Å²) in [4.78, 5) is 36.4. The second kappa shape index (κ2) is 10.5. The molecule has 1 atom stereocenters. The van der Waals surface area contributed by atoms with E-state index in [9.17, 15) is 9.59 Å². The molecule has 1 aliphatic rings. The Labute approximate surface area is 203 Å². The van der Waals surface area contributed by atoms with Gasteiger partial charge in [0.05, 0.1) is 6.61 Å². The van der Waals surface area contributed by atoms with Crippen molar-refractivity contribution in [1.82, 2.24) is 24.5 Å². The third kappa shape index (κ3) is 5.38. The zero-order chi connectivity index (χ0) is 24.2. The summed E-state index contributed by atoms with van der Waals surface area (Å²) in [5, 5.41) is 9.61. The lowest BCUT2D eigenvalue weighted by Gasteiger charge is -2.27. The van der Waals surface area contributed by atoms with E-state index >= 15 is 0 Å². The van der Waals surface area contributed by atoms with E-state index in [2.05, 4.69) is 27.3 Å². The van der Waals surface area contributed by atoms with Gasteiger partial charge < -0.3 is 9.64 Å². The zero-order valence-corrected chi connectivity index (χ0v) is 21.0. The number of fused-ring (bicyclic) bond motifs is 1. The van der Waals surface area contributed by atoms with Crippen LogP contribution in [-0.4, -0.2) is 55.7 Å². The molecule has 0 aromatic carbocycles. The first kappa shape index (κ1) is 24.1. The number of nitrogens with zero attached hydrogens (tertiary/aromatic N) is 5. The molecular formula is C24H32N6O3S. The van der Waals surface area contributed by atoms with Gasteiger partial charge in [-0.1, -0.05) is 33.6 Å². The standard InChI is InChI=1S/C24H32N6O3S/c1-5-17-11-19(22(31)29-10-8-6-7-9-16(29)4)25-21-12-18(28-30(17)21)20-14-34-23(26-20)27-24(32)33-13-15(2)3/h11-12,14-16H,5-10,13H2,1-4H3,(H,26,27,32). The molecule has 10 heteroatoms. The van der Waals surface area contributed by atoms with E-state index in [4.69, 9.17) is 4.74 Å². The summed E-state index contributed by atoms with van der Waals surface area (Å²) in [6.45, 7) is 9.22. The van der Waals surface area contributed by atoms with Crippen molar-refractivity contribution in [2.24, 2.45) is 5.92 Å². The summed E-state index contributed by atoms with van der Waals surface area (Å²) < 4.78 is 6.92. The van der Waals surface area contributed by atoms with Crippen LogP contribution in [-0.2, 0) is 11.2 Å². The first-order valence-corrected chi connectivity index (χ1v) is 12.8. The molecule has 2 amide bonds. The predicted molar refractivity (Wildman–Crippen MR) is 132 cm³/mol. The van der Waals surface area contributed by atoms with Gasteiger partial charge in [-0.3, -0.25) is 10.1 Å². The number of aromatic nitrogens is 4. The molecule has 1 aliphatic heterocycles. The molecule has 1 fully saturated rings. The monoisotopic (exact) mass is 484 g/mol. The lowest BCUT2D eigenvalue weighted by molar-refractivity contribution is 0.0691. The van der Waals surface area contributed by atoms with Crippen LogP contribution in [0.1, 0.15) is 69.6 Å². The van der Waals surface area contributed by atoms with E-state index in [1.165, 1.54) is 11.3 Å². The van der Waals surface area contributed by atoms with Crippen LogP contribution >= 0.6 is 11.3 Å². The molecule has 1 N–H and O–H groups in total. The van der Waals surface area contributed by atoms with Gasteiger partial charge in [-0.05, 0) is 38.2 Å². The highest BCUT2D eigenvalue weighted by Gasteiger charge is 2.25. The molecule has 0 bridgehead atoms. The normalized spacial score (nSPS) is 16.6. The minimum absolute atomic E-state index is 0.0191. The average Bonchev–Trinajstić information content (AvgIpc) is 3.39. The summed E-state index contributed by atoms with van der Waals surface area (Å²) in [6, 6.07) is 3.90. The van der Waals surface area contributed by atoms with Gasteiger partial charge in [-0.25, -0.2) is 19.3 Å². The fraction of sp³-hybridized carbons (Fsp3) is 0.542. The Morgan fingerprint density at radius 1 is 1.21 bits per heavy atom. The molecule has 1 saturated heterocycles. The number of amides is 2. The number of carbonyl (C=O) groups is 2. The van der Waals surface area contributed by atoms with Crippen molar-refractivity contribution in [2.45, 2.75) is 65.8 Å². The Kier molecular flexibility index (Phi) is 7.45. The molecule has 4 heterocycles. The van der Waals surface area contributed by atoms with E-state index in [-0.39, 0.29) is 17.9 Å². The Morgan fingerprint density at radius 3 is 2.79 bits per heavy atom. The summed E-state index contributed by atoms with van der Waals surface area (Å²) in [6.07, 6.45) is 4.56. The molecule has 0 radical (unpaired) electrons. The third-order valence-electron chi connectivity index (χ3n) is 5.92. The van der Waals surface area contributed by atoms with Gasteiger partial charge in [0.1, 0.15) is 17.1 Å². The summed E-state index contributed by atoms with van der Waals surface area (Å²) in [7, 11) is 0. The van der Waals surface area contributed by atoms with Crippen LogP contribution in [0.2, 0.25) is 0 Å². The number of thiazole rings is 1. The van der Waals surface area contributed by atoms with Gasteiger partial charge in [0.2, 0.25) is 0 Å². The van der Waals surface area contributed by atoms with E-state index in [0.717, 1.165) is 37.9 Å². The van der Waals surface area contributed by atoms with Gasteiger partial charge in [-0.2, -0.15) is 5.10 Å². The van der Waals surface area contributed by atoms with Crippen molar-refractivity contribution < 1.29 is 14.3 Å². The number of aryl methyl sites for hydroxylation is 1. The van der Waals surface area contributed by atoms with Crippen LogP contribution in [0.3, 0.4) is 0 Å². The molecule has 3 aromatic rings. The Morgan fingerprint density at radius 2 is 2.03 bits per heavy atom. The fourth-order valence-corrected chi connectivity index (χ4v) is 4.75. The number of likely N-dealkylation sites (tertiary alicyclic amines) is 1. The molecule has 9 nitrogen and oxygen atoms in total. The van der Waals surface area contributed by atoms with Crippen LogP contribution in [0.4, 0.5) is 9.93 Å². The maximum Gasteiger partial charge on any atom is 0.413 e. The van der Waals surface area contributed by atoms with E-state index in [0.29, 0.717) is 40.9 Å². The molecule has 0 saturated carbocycles. The topological polar surface area (TPSA) is 102 Å². The molecule has 34 heavy (non-hydrogen) atoms.